The number of nitrogens with two attached hydrogens (primary N) is 1. The van der Waals surface area contributed by atoms with Crippen molar-refractivity contribution in [3.8, 4) is 11.1 Å². The summed E-state index contributed by atoms with van der Waals surface area (Å²) >= 11 is 0. The monoisotopic (exact) mass is 345 g/mol. The Morgan fingerprint density at radius 3 is 2.60 bits per heavy atom. The summed E-state index contributed by atoms with van der Waals surface area (Å²) in [5.41, 5.74) is 9.84. The molecule has 25 heavy (non-hydrogen) atoms. The molecule has 0 unspecified atom stereocenters. The highest BCUT2D eigenvalue weighted by Crippen LogP contribution is 2.27. The number of ether oxygens (including phenoxy) is 1. The number of aryl methyl sites for hydroxylation is 2. The molecule has 0 radical (unpaired) electrons. The summed E-state index contributed by atoms with van der Waals surface area (Å²) in [6, 6.07) is 7.47. The number of anilines is 2. The van der Waals surface area contributed by atoms with Crippen LogP contribution in [0.4, 0.5) is 11.4 Å². The summed E-state index contributed by atoms with van der Waals surface area (Å²) in [4.78, 5) is 11.9. The van der Waals surface area contributed by atoms with Crippen LogP contribution in [0.3, 0.4) is 0 Å². The van der Waals surface area contributed by atoms with Gasteiger partial charge in [-0.25, -0.2) is 0 Å². The zero-order valence-electron chi connectivity index (χ0n) is 15.5. The van der Waals surface area contributed by atoms with Gasteiger partial charge in [0.1, 0.15) is 0 Å². The Morgan fingerprint density at radius 2 is 2.00 bits per heavy atom. The van der Waals surface area contributed by atoms with E-state index in [1.54, 1.807) is 37.7 Å². The summed E-state index contributed by atoms with van der Waals surface area (Å²) < 4.78 is 7.04. The second kappa shape index (κ2) is 7.29. The quantitative estimate of drug-likeness (QED) is 0.553. The van der Waals surface area contributed by atoms with Gasteiger partial charge in [-0.15, -0.1) is 0 Å². The van der Waals surface area contributed by atoms with Gasteiger partial charge in [0.25, 0.3) is 5.56 Å². The van der Waals surface area contributed by atoms with Gasteiger partial charge in [0.05, 0.1) is 24.0 Å². The van der Waals surface area contributed by atoms with Crippen molar-refractivity contribution in [3.05, 3.63) is 46.4 Å². The van der Waals surface area contributed by atoms with Gasteiger partial charge >= 0.3 is 0 Å². The van der Waals surface area contributed by atoms with Crippen molar-refractivity contribution in [3.63, 3.8) is 0 Å². The molecule has 1 aromatic carbocycles. The van der Waals surface area contributed by atoms with Crippen LogP contribution in [0.25, 0.3) is 11.1 Å². The number of nitrogens with zero attached hydrogens (tertiary/aromatic N) is 1. The zero-order valence-corrected chi connectivity index (χ0v) is 15.5. The first-order valence-electron chi connectivity index (χ1n) is 8.30. The molecule has 0 bridgehead atoms. The molecule has 1 heterocycles. The van der Waals surface area contributed by atoms with Crippen molar-refractivity contribution in [1.82, 2.24) is 4.57 Å². The van der Waals surface area contributed by atoms with Crippen LogP contribution < -0.4 is 16.6 Å². The van der Waals surface area contributed by atoms with Gasteiger partial charge in [0.15, 0.2) is 5.79 Å². The van der Waals surface area contributed by atoms with Gasteiger partial charge in [0.2, 0.25) is 0 Å². The molecule has 0 aliphatic carbocycles. The van der Waals surface area contributed by atoms with Gasteiger partial charge in [-0.1, -0.05) is 6.07 Å². The molecule has 2 rings (SSSR count). The minimum Gasteiger partial charge on any atom is -0.397 e. The smallest absolute Gasteiger partial charge is 0.253 e. The number of pyridine rings is 1. The predicted molar refractivity (Wildman–Crippen MR) is 102 cm³/mol. The Labute approximate surface area is 148 Å². The number of nitrogen functional groups attached to an aromatic ring is 1. The summed E-state index contributed by atoms with van der Waals surface area (Å²) in [7, 11) is 1.73. The lowest BCUT2D eigenvalue weighted by atomic mass is 10.0. The topological polar surface area (TPSA) is 89.5 Å². The average Bonchev–Trinajstić information content (AvgIpc) is 2.50. The first-order chi connectivity index (χ1) is 11.6. The molecule has 0 spiro atoms. The molecule has 0 aliphatic rings. The molecule has 6 nitrogen and oxygen atoms in total. The molecule has 0 saturated carbocycles. The molecule has 0 aliphatic heterocycles. The zero-order chi connectivity index (χ0) is 18.8. The number of rotatable bonds is 6. The van der Waals surface area contributed by atoms with Gasteiger partial charge < -0.3 is 25.5 Å². The van der Waals surface area contributed by atoms with E-state index in [9.17, 15) is 9.90 Å². The first kappa shape index (κ1) is 19.0. The number of benzene rings is 1. The number of aromatic nitrogens is 1. The molecule has 4 N–H and O–H groups in total. The molecule has 2 aromatic rings. The number of aliphatic hydroxyl groups is 1. The number of hydrogen-bond acceptors (Lipinski definition) is 5. The highest BCUT2D eigenvalue weighted by Gasteiger charge is 2.22. The fourth-order valence-electron chi connectivity index (χ4n) is 2.73. The van der Waals surface area contributed by atoms with Crippen molar-refractivity contribution < 1.29 is 9.84 Å². The number of nitrogens with one attached hydrogen (secondary N) is 1. The van der Waals surface area contributed by atoms with Crippen LogP contribution in [0.15, 0.2) is 35.3 Å². The average molecular weight is 345 g/mol. The van der Waals surface area contributed by atoms with Crippen LogP contribution in [-0.4, -0.2) is 28.1 Å². The standard InChI is InChI=1S/C19H27N3O3/c1-12(2)25-19(4,24)11-21-17-9-14(6-7-16(17)20)15-8-13(3)18(23)22(5)10-15/h6-10,12,21,24H,11,20H2,1-5H3/t19-/m1/s1. The minimum absolute atomic E-state index is 0.0144. The maximum absolute atomic E-state index is 11.9. The normalized spacial score (nSPS) is 13.7. The van der Waals surface area contributed by atoms with Crippen molar-refractivity contribution in [2.75, 3.05) is 17.6 Å². The van der Waals surface area contributed by atoms with Crippen molar-refractivity contribution in [1.29, 1.82) is 0 Å². The highest BCUT2D eigenvalue weighted by molar-refractivity contribution is 5.76. The van der Waals surface area contributed by atoms with Crippen LogP contribution in [-0.2, 0) is 11.8 Å². The molecular weight excluding hydrogens is 318 g/mol. The lowest BCUT2D eigenvalue weighted by Gasteiger charge is -2.27. The Hall–Kier alpha value is -2.31. The van der Waals surface area contributed by atoms with Gasteiger partial charge in [-0.2, -0.15) is 0 Å². The van der Waals surface area contributed by atoms with Gasteiger partial charge in [-0.3, -0.25) is 4.79 Å². The van der Waals surface area contributed by atoms with E-state index in [2.05, 4.69) is 5.32 Å². The second-order valence-corrected chi connectivity index (χ2v) is 6.83. The van der Waals surface area contributed by atoms with E-state index in [1.807, 2.05) is 32.0 Å². The predicted octanol–water partition coefficient (Wildman–Crippen LogP) is 2.49. The number of hydrogen-bond donors (Lipinski definition) is 3. The Morgan fingerprint density at radius 1 is 1.32 bits per heavy atom. The van der Waals surface area contributed by atoms with Gasteiger partial charge in [-0.05, 0) is 57.0 Å². The van der Waals surface area contributed by atoms with Crippen molar-refractivity contribution in [2.45, 2.75) is 39.6 Å². The first-order valence-corrected chi connectivity index (χ1v) is 8.30. The molecule has 1 atom stereocenters. The van der Waals surface area contributed by atoms with Crippen molar-refractivity contribution in [2.24, 2.45) is 7.05 Å². The highest BCUT2D eigenvalue weighted by atomic mass is 16.6. The third kappa shape index (κ3) is 4.84. The summed E-state index contributed by atoms with van der Waals surface area (Å²) in [6.45, 7) is 7.33. The van der Waals surface area contributed by atoms with E-state index in [4.69, 9.17) is 10.5 Å². The van der Waals surface area contributed by atoms with Crippen LogP contribution in [0.5, 0.6) is 0 Å². The Balaban J connectivity index is 2.28. The van der Waals surface area contributed by atoms with E-state index < -0.39 is 5.79 Å². The molecule has 136 valence electrons. The summed E-state index contributed by atoms with van der Waals surface area (Å²) in [6.07, 6.45) is 1.71. The van der Waals surface area contributed by atoms with E-state index in [0.717, 1.165) is 11.1 Å². The van der Waals surface area contributed by atoms with Gasteiger partial charge in [0, 0.05) is 18.8 Å². The molecule has 0 amide bonds. The SMILES string of the molecule is Cc1cc(-c2ccc(N)c(NC[C@](C)(O)OC(C)C)c2)cn(C)c1=O. The van der Waals surface area contributed by atoms with Crippen molar-refractivity contribution >= 4 is 11.4 Å². The molecule has 0 fully saturated rings. The Bertz CT molecular complexity index is 784. The van der Waals surface area contributed by atoms with Crippen LogP contribution in [0.2, 0.25) is 0 Å². The van der Waals surface area contributed by atoms with E-state index in [-0.39, 0.29) is 18.2 Å². The Kier molecular flexibility index (Phi) is 5.55. The van der Waals surface area contributed by atoms with E-state index >= 15 is 0 Å². The van der Waals surface area contributed by atoms with Crippen LogP contribution in [0, 0.1) is 6.92 Å². The largest absolute Gasteiger partial charge is 0.397 e. The lowest BCUT2D eigenvalue weighted by molar-refractivity contribution is -0.200. The fraction of sp³-hybridized carbons (Fsp3) is 0.421. The molecule has 6 heteroatoms. The third-order valence-corrected chi connectivity index (χ3v) is 3.85. The minimum atomic E-state index is -1.30. The maximum atomic E-state index is 11.9. The molecular formula is C19H27N3O3. The fourth-order valence-corrected chi connectivity index (χ4v) is 2.73. The van der Waals surface area contributed by atoms with E-state index in [0.29, 0.717) is 16.9 Å². The second-order valence-electron chi connectivity index (χ2n) is 6.83. The third-order valence-electron chi connectivity index (χ3n) is 3.85. The molecule has 1 aromatic heterocycles. The summed E-state index contributed by atoms with van der Waals surface area (Å²) in [5, 5.41) is 13.4. The summed E-state index contributed by atoms with van der Waals surface area (Å²) in [5.74, 6) is -1.30. The lowest BCUT2D eigenvalue weighted by Crippen LogP contribution is -2.38. The molecule has 0 saturated heterocycles. The van der Waals surface area contributed by atoms with E-state index in [1.165, 1.54) is 0 Å². The maximum Gasteiger partial charge on any atom is 0.253 e. The van der Waals surface area contributed by atoms with Crippen LogP contribution >= 0.6 is 0 Å². The van der Waals surface area contributed by atoms with Crippen LogP contribution in [0.1, 0.15) is 26.3 Å².